The van der Waals surface area contributed by atoms with Crippen LogP contribution >= 0.6 is 11.3 Å². The molecule has 0 unspecified atom stereocenters. The summed E-state index contributed by atoms with van der Waals surface area (Å²) in [6.45, 7) is 4.06. The number of benzene rings is 2. The zero-order chi connectivity index (χ0) is 16.9. The molecular formula is C19H20N4S. The lowest BCUT2D eigenvalue weighted by Gasteiger charge is -2.19. The summed E-state index contributed by atoms with van der Waals surface area (Å²) in [5.74, 6) is 0. The molecule has 3 aromatic rings. The molecule has 0 aliphatic heterocycles. The first-order valence-electron chi connectivity index (χ1n) is 7.73. The lowest BCUT2D eigenvalue weighted by atomic mass is 10.2. The Morgan fingerprint density at radius 1 is 1.00 bits per heavy atom. The summed E-state index contributed by atoms with van der Waals surface area (Å²) in [6, 6.07) is 16.8. The van der Waals surface area contributed by atoms with Crippen LogP contribution in [-0.2, 0) is 0 Å². The van der Waals surface area contributed by atoms with Gasteiger partial charge in [-0.25, -0.2) is 4.98 Å². The third-order valence-corrected chi connectivity index (χ3v) is 4.56. The summed E-state index contributed by atoms with van der Waals surface area (Å²) in [5, 5.41) is 7.03. The number of aromatic nitrogens is 1. The van der Waals surface area contributed by atoms with Crippen LogP contribution in [-0.4, -0.2) is 18.2 Å². The van der Waals surface area contributed by atoms with Crippen molar-refractivity contribution in [2.24, 2.45) is 5.10 Å². The molecule has 0 aliphatic carbocycles. The molecule has 0 radical (unpaired) electrons. The molecule has 1 heterocycles. The Labute approximate surface area is 146 Å². The van der Waals surface area contributed by atoms with Crippen molar-refractivity contribution in [1.29, 1.82) is 0 Å². The SMILES string of the molecule is Cc1ccc(N(C)c2ccc(C=NNc3nc(C)cs3)cc2)cc1. The van der Waals surface area contributed by atoms with Crippen LogP contribution < -0.4 is 10.3 Å². The number of hydrazone groups is 1. The van der Waals surface area contributed by atoms with Gasteiger partial charge in [-0.3, -0.25) is 5.43 Å². The molecular weight excluding hydrogens is 316 g/mol. The Balaban J connectivity index is 1.65. The third kappa shape index (κ3) is 4.00. The van der Waals surface area contributed by atoms with E-state index in [0.29, 0.717) is 0 Å². The van der Waals surface area contributed by atoms with E-state index in [2.05, 4.69) is 82.9 Å². The molecule has 1 N–H and O–H groups in total. The molecule has 0 fully saturated rings. The highest BCUT2D eigenvalue weighted by Gasteiger charge is 2.03. The first-order valence-corrected chi connectivity index (χ1v) is 8.61. The van der Waals surface area contributed by atoms with Crippen LogP contribution in [0.5, 0.6) is 0 Å². The summed E-state index contributed by atoms with van der Waals surface area (Å²) in [7, 11) is 2.07. The molecule has 4 nitrogen and oxygen atoms in total. The molecule has 3 rings (SSSR count). The standard InChI is InChI=1S/C19H20N4S/c1-14-4-8-17(9-5-14)23(3)18-10-6-16(7-11-18)12-20-22-19-21-15(2)13-24-19/h4-13H,1-3H3,(H,21,22). The number of nitrogens with one attached hydrogen (secondary N) is 1. The lowest BCUT2D eigenvalue weighted by Crippen LogP contribution is -2.09. The predicted octanol–water partition coefficient (Wildman–Crippen LogP) is 4.97. The zero-order valence-corrected chi connectivity index (χ0v) is 14.8. The van der Waals surface area contributed by atoms with E-state index in [1.165, 1.54) is 11.3 Å². The third-order valence-electron chi connectivity index (χ3n) is 3.69. The van der Waals surface area contributed by atoms with Gasteiger partial charge >= 0.3 is 0 Å². The fraction of sp³-hybridized carbons (Fsp3) is 0.158. The van der Waals surface area contributed by atoms with E-state index in [1.807, 2.05) is 12.3 Å². The van der Waals surface area contributed by atoms with Gasteiger partial charge in [-0.05, 0) is 43.7 Å². The second-order valence-corrected chi connectivity index (χ2v) is 6.51. The average Bonchev–Trinajstić information content (AvgIpc) is 3.01. The number of rotatable bonds is 5. The van der Waals surface area contributed by atoms with Gasteiger partial charge in [-0.1, -0.05) is 29.8 Å². The molecule has 1 aromatic heterocycles. The van der Waals surface area contributed by atoms with Crippen molar-refractivity contribution < 1.29 is 0 Å². The van der Waals surface area contributed by atoms with Gasteiger partial charge in [0.25, 0.3) is 0 Å². The number of thiazole rings is 1. The molecule has 0 saturated heterocycles. The minimum Gasteiger partial charge on any atom is -0.345 e. The van der Waals surface area contributed by atoms with Crippen molar-refractivity contribution in [3.63, 3.8) is 0 Å². The van der Waals surface area contributed by atoms with Crippen LogP contribution in [0, 0.1) is 13.8 Å². The molecule has 24 heavy (non-hydrogen) atoms. The second kappa shape index (κ2) is 7.27. The van der Waals surface area contributed by atoms with Crippen molar-refractivity contribution in [2.75, 3.05) is 17.4 Å². The molecule has 122 valence electrons. The largest absolute Gasteiger partial charge is 0.345 e. The smallest absolute Gasteiger partial charge is 0.203 e. The van der Waals surface area contributed by atoms with Crippen molar-refractivity contribution >= 4 is 34.1 Å². The minimum atomic E-state index is 0.805. The summed E-state index contributed by atoms with van der Waals surface area (Å²) in [6.07, 6.45) is 1.80. The van der Waals surface area contributed by atoms with Crippen LogP contribution in [0.1, 0.15) is 16.8 Å². The number of hydrogen-bond donors (Lipinski definition) is 1. The Bertz CT molecular complexity index is 819. The molecule has 0 amide bonds. The Kier molecular flexibility index (Phi) is 4.91. The summed E-state index contributed by atoms with van der Waals surface area (Å²) >= 11 is 1.55. The molecule has 0 spiro atoms. The second-order valence-electron chi connectivity index (χ2n) is 5.65. The summed E-state index contributed by atoms with van der Waals surface area (Å²) < 4.78 is 0. The van der Waals surface area contributed by atoms with E-state index in [-0.39, 0.29) is 0 Å². The lowest BCUT2D eigenvalue weighted by molar-refractivity contribution is 1.20. The van der Waals surface area contributed by atoms with Crippen molar-refractivity contribution in [1.82, 2.24) is 4.98 Å². The van der Waals surface area contributed by atoms with Gasteiger partial charge in [0, 0.05) is 23.8 Å². The zero-order valence-electron chi connectivity index (χ0n) is 14.0. The van der Waals surface area contributed by atoms with Gasteiger partial charge in [0.05, 0.1) is 11.9 Å². The van der Waals surface area contributed by atoms with Crippen LogP contribution in [0.2, 0.25) is 0 Å². The highest BCUT2D eigenvalue weighted by atomic mass is 32.1. The quantitative estimate of drug-likeness (QED) is 0.528. The average molecular weight is 336 g/mol. The van der Waals surface area contributed by atoms with Crippen molar-refractivity contribution in [2.45, 2.75) is 13.8 Å². The van der Waals surface area contributed by atoms with Gasteiger partial charge < -0.3 is 4.90 Å². The highest BCUT2D eigenvalue weighted by molar-refractivity contribution is 7.13. The number of aryl methyl sites for hydroxylation is 2. The fourth-order valence-corrected chi connectivity index (χ4v) is 2.91. The van der Waals surface area contributed by atoms with Crippen LogP contribution in [0.3, 0.4) is 0 Å². The molecule has 0 saturated carbocycles. The predicted molar refractivity (Wildman–Crippen MR) is 104 cm³/mol. The van der Waals surface area contributed by atoms with Gasteiger partial charge in [0.2, 0.25) is 5.13 Å². The van der Waals surface area contributed by atoms with Gasteiger partial charge in [0.1, 0.15) is 0 Å². The topological polar surface area (TPSA) is 40.5 Å². The van der Waals surface area contributed by atoms with E-state index < -0.39 is 0 Å². The Morgan fingerprint density at radius 3 is 2.21 bits per heavy atom. The van der Waals surface area contributed by atoms with E-state index >= 15 is 0 Å². The van der Waals surface area contributed by atoms with Gasteiger partial charge in [0.15, 0.2) is 0 Å². The maximum absolute atomic E-state index is 4.31. The maximum atomic E-state index is 4.31. The minimum absolute atomic E-state index is 0.805. The fourth-order valence-electron chi connectivity index (χ4n) is 2.27. The first-order chi connectivity index (χ1) is 11.6. The van der Waals surface area contributed by atoms with E-state index in [4.69, 9.17) is 0 Å². The molecule has 2 aromatic carbocycles. The van der Waals surface area contributed by atoms with Crippen molar-refractivity contribution in [3.8, 4) is 0 Å². The normalized spacial score (nSPS) is 11.0. The van der Waals surface area contributed by atoms with E-state index in [9.17, 15) is 0 Å². The first kappa shape index (κ1) is 16.2. The Hall–Kier alpha value is -2.66. The van der Waals surface area contributed by atoms with Crippen LogP contribution in [0.25, 0.3) is 0 Å². The van der Waals surface area contributed by atoms with Gasteiger partial charge in [-0.15, -0.1) is 11.3 Å². The summed E-state index contributed by atoms with van der Waals surface area (Å²) in [5.41, 5.74) is 8.56. The van der Waals surface area contributed by atoms with E-state index in [0.717, 1.165) is 22.1 Å². The van der Waals surface area contributed by atoms with Crippen molar-refractivity contribution in [3.05, 3.63) is 70.7 Å². The molecule has 5 heteroatoms. The maximum Gasteiger partial charge on any atom is 0.203 e. The van der Waals surface area contributed by atoms with Crippen LogP contribution in [0.15, 0.2) is 59.0 Å². The monoisotopic (exact) mass is 336 g/mol. The van der Waals surface area contributed by atoms with Gasteiger partial charge in [-0.2, -0.15) is 5.10 Å². The number of anilines is 3. The Morgan fingerprint density at radius 2 is 1.62 bits per heavy atom. The molecule has 0 atom stereocenters. The summed E-state index contributed by atoms with van der Waals surface area (Å²) in [4.78, 5) is 6.47. The number of nitrogens with zero attached hydrogens (tertiary/aromatic N) is 3. The molecule has 0 aliphatic rings. The van der Waals surface area contributed by atoms with E-state index in [1.54, 1.807) is 17.6 Å². The number of hydrogen-bond acceptors (Lipinski definition) is 5. The molecule has 0 bridgehead atoms. The van der Waals surface area contributed by atoms with Crippen LogP contribution in [0.4, 0.5) is 16.5 Å². The highest BCUT2D eigenvalue weighted by Crippen LogP contribution is 2.23.